The normalized spacial score (nSPS) is 34.8. The van der Waals surface area contributed by atoms with Crippen LogP contribution < -0.4 is 0 Å². The molecule has 0 radical (unpaired) electrons. The lowest BCUT2D eigenvalue weighted by atomic mass is 9.90. The Morgan fingerprint density at radius 3 is 1.73 bits per heavy atom. The molecule has 3 atom stereocenters. The maximum absolute atomic E-state index is 12.4. The summed E-state index contributed by atoms with van der Waals surface area (Å²) in [5.74, 6) is -4.62. The predicted molar refractivity (Wildman–Crippen MR) is 41.2 cm³/mol. The molecule has 0 amide bonds. The van der Waals surface area contributed by atoms with Crippen molar-refractivity contribution in [3.8, 4) is 0 Å². The Morgan fingerprint density at radius 1 is 1.00 bits per heavy atom. The fraction of sp³-hybridized carbons (Fsp3) is 1.00. The van der Waals surface area contributed by atoms with Crippen molar-refractivity contribution in [2.24, 2.45) is 11.8 Å². The number of halogens is 6. The SMILES string of the molecule is CC1[C@H](C(F)(F)F)[C@@H](C(F)(F)F)CN1C. The predicted octanol–water partition coefficient (Wildman–Crippen LogP) is 2.68. The number of likely N-dealkylation sites (tertiary alicyclic amines) is 1. The first-order valence-electron chi connectivity index (χ1n) is 4.39. The molecule has 0 saturated carbocycles. The lowest BCUT2D eigenvalue weighted by molar-refractivity contribution is -0.244. The van der Waals surface area contributed by atoms with Crippen LogP contribution in [0.4, 0.5) is 26.3 Å². The minimum absolute atomic E-state index is 0.588. The van der Waals surface area contributed by atoms with Crippen molar-refractivity contribution in [2.45, 2.75) is 25.3 Å². The highest BCUT2D eigenvalue weighted by molar-refractivity contribution is 4.95. The largest absolute Gasteiger partial charge is 0.393 e. The lowest BCUT2D eigenvalue weighted by Gasteiger charge is -2.26. The third kappa shape index (κ3) is 2.38. The van der Waals surface area contributed by atoms with Gasteiger partial charge in [0.25, 0.3) is 0 Å². The van der Waals surface area contributed by atoms with E-state index in [9.17, 15) is 26.3 Å². The monoisotopic (exact) mass is 235 g/mol. The van der Waals surface area contributed by atoms with Gasteiger partial charge in [0.1, 0.15) is 0 Å². The smallest absolute Gasteiger partial charge is 0.302 e. The van der Waals surface area contributed by atoms with Gasteiger partial charge in [-0.25, -0.2) is 0 Å². The highest BCUT2D eigenvalue weighted by atomic mass is 19.4. The molecule has 1 aliphatic heterocycles. The van der Waals surface area contributed by atoms with Crippen LogP contribution in [0.5, 0.6) is 0 Å². The van der Waals surface area contributed by atoms with E-state index in [0.29, 0.717) is 0 Å². The van der Waals surface area contributed by atoms with Crippen LogP contribution in [0.25, 0.3) is 0 Å². The Bertz CT molecular complexity index is 232. The van der Waals surface area contributed by atoms with Gasteiger partial charge in [0.2, 0.25) is 0 Å². The summed E-state index contributed by atoms with van der Waals surface area (Å²) in [6.45, 7) is 0.582. The molecule has 1 saturated heterocycles. The van der Waals surface area contributed by atoms with Crippen LogP contribution in [0, 0.1) is 11.8 Å². The molecule has 1 heterocycles. The second-order valence-corrected chi connectivity index (χ2v) is 3.90. The van der Waals surface area contributed by atoms with E-state index >= 15 is 0 Å². The fourth-order valence-electron chi connectivity index (χ4n) is 2.01. The van der Waals surface area contributed by atoms with Crippen molar-refractivity contribution in [1.82, 2.24) is 4.90 Å². The third-order valence-corrected chi connectivity index (χ3v) is 2.93. The second-order valence-electron chi connectivity index (χ2n) is 3.90. The molecule has 0 aromatic heterocycles. The van der Waals surface area contributed by atoms with E-state index in [1.807, 2.05) is 0 Å². The van der Waals surface area contributed by atoms with Gasteiger partial charge in [-0.2, -0.15) is 26.3 Å². The molecule has 7 heteroatoms. The van der Waals surface area contributed by atoms with Gasteiger partial charge in [0.15, 0.2) is 0 Å². The van der Waals surface area contributed by atoms with Crippen molar-refractivity contribution in [3.05, 3.63) is 0 Å². The van der Waals surface area contributed by atoms with Crippen LogP contribution in [-0.4, -0.2) is 36.9 Å². The molecule has 1 fully saturated rings. The molecule has 0 bridgehead atoms. The standard InChI is InChI=1S/C8H11F6N/c1-4-6(8(12,13)14)5(3-15(4)2)7(9,10)11/h4-6H,3H2,1-2H3/t4?,5-,6-/m0/s1. The van der Waals surface area contributed by atoms with Crippen LogP contribution >= 0.6 is 0 Å². The van der Waals surface area contributed by atoms with E-state index < -0.39 is 36.8 Å². The summed E-state index contributed by atoms with van der Waals surface area (Å²) in [6, 6.07) is -1.13. The molecule has 1 aliphatic rings. The second kappa shape index (κ2) is 3.54. The topological polar surface area (TPSA) is 3.24 Å². The maximum atomic E-state index is 12.4. The zero-order valence-electron chi connectivity index (χ0n) is 8.15. The summed E-state index contributed by atoms with van der Waals surface area (Å²) < 4.78 is 74.4. The van der Waals surface area contributed by atoms with Crippen LogP contribution in [0.3, 0.4) is 0 Å². The highest BCUT2D eigenvalue weighted by Crippen LogP contribution is 2.47. The van der Waals surface area contributed by atoms with E-state index in [1.54, 1.807) is 0 Å². The Hall–Kier alpha value is -0.460. The first-order chi connectivity index (χ1) is 6.55. The average Bonchev–Trinajstić information content (AvgIpc) is 2.25. The number of rotatable bonds is 0. The summed E-state index contributed by atoms with van der Waals surface area (Å²) in [5, 5.41) is 0. The van der Waals surface area contributed by atoms with Gasteiger partial charge < -0.3 is 4.90 Å². The maximum Gasteiger partial charge on any atom is 0.393 e. The van der Waals surface area contributed by atoms with Crippen LogP contribution in [-0.2, 0) is 0 Å². The molecule has 0 spiro atoms. The minimum Gasteiger partial charge on any atom is -0.302 e. The lowest BCUT2D eigenvalue weighted by Crippen LogP contribution is -2.40. The van der Waals surface area contributed by atoms with E-state index in [1.165, 1.54) is 14.0 Å². The molecule has 0 aromatic rings. The Kier molecular flexibility index (Phi) is 2.97. The molecule has 1 unspecified atom stereocenters. The molecule has 0 aromatic carbocycles. The Labute approximate surface area is 83.0 Å². The molecule has 1 nitrogen and oxygen atoms in total. The Morgan fingerprint density at radius 2 is 1.47 bits per heavy atom. The fourth-order valence-corrected chi connectivity index (χ4v) is 2.01. The van der Waals surface area contributed by atoms with Crippen molar-refractivity contribution in [3.63, 3.8) is 0 Å². The number of alkyl halides is 6. The van der Waals surface area contributed by atoms with Crippen molar-refractivity contribution in [2.75, 3.05) is 13.6 Å². The average molecular weight is 235 g/mol. The minimum atomic E-state index is -4.80. The van der Waals surface area contributed by atoms with Gasteiger partial charge in [-0.1, -0.05) is 0 Å². The molecule has 15 heavy (non-hydrogen) atoms. The Balaban J connectivity index is 2.98. The third-order valence-electron chi connectivity index (χ3n) is 2.93. The summed E-state index contributed by atoms with van der Waals surface area (Å²) in [5.41, 5.74) is 0. The highest BCUT2D eigenvalue weighted by Gasteiger charge is 2.61. The van der Waals surface area contributed by atoms with Crippen molar-refractivity contribution < 1.29 is 26.3 Å². The molecule has 1 rings (SSSR count). The van der Waals surface area contributed by atoms with Crippen LogP contribution in [0.15, 0.2) is 0 Å². The molecular weight excluding hydrogens is 224 g/mol. The van der Waals surface area contributed by atoms with Crippen LogP contribution in [0.2, 0.25) is 0 Å². The molecule has 0 aliphatic carbocycles. The first kappa shape index (κ1) is 12.6. The van der Waals surface area contributed by atoms with Gasteiger partial charge in [0.05, 0.1) is 11.8 Å². The summed E-state index contributed by atoms with van der Waals surface area (Å²) in [4.78, 5) is 1.09. The van der Waals surface area contributed by atoms with Crippen molar-refractivity contribution in [1.29, 1.82) is 0 Å². The number of nitrogens with zero attached hydrogens (tertiary/aromatic N) is 1. The molecule has 0 N–H and O–H groups in total. The number of hydrogen-bond acceptors (Lipinski definition) is 1. The summed E-state index contributed by atoms with van der Waals surface area (Å²) in [7, 11) is 1.27. The zero-order chi connectivity index (χ0) is 12.0. The zero-order valence-corrected chi connectivity index (χ0v) is 8.15. The van der Waals surface area contributed by atoms with E-state index in [0.717, 1.165) is 4.90 Å². The summed E-state index contributed by atoms with van der Waals surface area (Å²) >= 11 is 0. The quantitative estimate of drug-likeness (QED) is 0.583. The van der Waals surface area contributed by atoms with Gasteiger partial charge in [-0.3, -0.25) is 0 Å². The van der Waals surface area contributed by atoms with Gasteiger partial charge >= 0.3 is 12.4 Å². The molecular formula is C8H11F6N. The summed E-state index contributed by atoms with van der Waals surface area (Å²) in [6.07, 6.45) is -9.59. The van der Waals surface area contributed by atoms with Crippen molar-refractivity contribution >= 4 is 0 Å². The van der Waals surface area contributed by atoms with Crippen LogP contribution in [0.1, 0.15) is 6.92 Å². The van der Waals surface area contributed by atoms with E-state index in [2.05, 4.69) is 0 Å². The van der Waals surface area contributed by atoms with E-state index in [4.69, 9.17) is 0 Å². The van der Waals surface area contributed by atoms with Gasteiger partial charge in [0, 0.05) is 12.6 Å². The van der Waals surface area contributed by atoms with Gasteiger partial charge in [-0.15, -0.1) is 0 Å². The first-order valence-corrected chi connectivity index (χ1v) is 4.39. The van der Waals surface area contributed by atoms with Gasteiger partial charge in [-0.05, 0) is 14.0 Å². The number of hydrogen-bond donors (Lipinski definition) is 0. The van der Waals surface area contributed by atoms with E-state index in [-0.39, 0.29) is 0 Å². The molecule has 90 valence electrons.